The summed E-state index contributed by atoms with van der Waals surface area (Å²) in [6.07, 6.45) is 27.7. The van der Waals surface area contributed by atoms with E-state index in [2.05, 4.69) is 87.0 Å². The summed E-state index contributed by atoms with van der Waals surface area (Å²) in [6.45, 7) is 69.6. The van der Waals surface area contributed by atoms with Crippen molar-refractivity contribution < 1.29 is 13.6 Å². The van der Waals surface area contributed by atoms with Gasteiger partial charge in [0.15, 0.2) is 0 Å². The SMILES string of the molecule is C.C.C.C.C.C.C.C.C.C.C.C.C.C.C.C.C.C.CC.CC.CC.CC.CC.CC.CC.CC.CC.CC.CC.CC.Cc1ccno1.Cc1ccns1.Cc1ccon1.Cc1ccsn1.Cc1cnc[nH]1.Cc1cnc[nH]1.Cc1cncs1.Cc1cnoc1.Cc1cnsc1.Cc1cscn1.Cc1ncc[nH]1.Cn1ccnc1. The smallest absolute Gasteiger partial charge is 0.133 e. The van der Waals surface area contributed by atoms with Crippen LogP contribution >= 0.6 is 57.3 Å². The van der Waals surface area contributed by atoms with Gasteiger partial charge < -0.3 is 33.1 Å². The highest BCUT2D eigenvalue weighted by Gasteiger charge is 1.82. The monoisotopic (exact) mass is 1720 g/mol. The van der Waals surface area contributed by atoms with Crippen molar-refractivity contribution in [3.05, 3.63) is 212 Å². The average Bonchev–Trinajstić information content (AvgIpc) is 2.25. The molecule has 0 amide bonds. The van der Waals surface area contributed by atoms with Gasteiger partial charge in [-0.3, -0.25) is 9.97 Å². The van der Waals surface area contributed by atoms with Crippen LogP contribution in [0.2, 0.25) is 0 Å². The summed E-state index contributed by atoms with van der Waals surface area (Å²) in [5.41, 5.74) is 11.3. The molecule has 19 nitrogen and oxygen atoms in total. The Morgan fingerprint density at radius 2 is 0.868 bits per heavy atom. The highest BCUT2D eigenvalue weighted by molar-refractivity contribution is 7.09. The van der Waals surface area contributed by atoms with Gasteiger partial charge >= 0.3 is 0 Å². The van der Waals surface area contributed by atoms with Crippen molar-refractivity contribution in [2.45, 2.75) is 376 Å². The Bertz CT molecular complexity index is 2050. The lowest BCUT2D eigenvalue weighted by atomic mass is 10.4. The number of nitrogens with zero attached hydrogens (tertiary/aromatic N) is 13. The van der Waals surface area contributed by atoms with E-state index in [-0.39, 0.29) is 134 Å². The number of aromatic amines is 3. The molecular formula is C90H208N16O3S5. The van der Waals surface area contributed by atoms with Crippen molar-refractivity contribution >= 4 is 57.3 Å². The minimum atomic E-state index is 0. The van der Waals surface area contributed by atoms with E-state index in [4.69, 9.17) is 0 Å². The van der Waals surface area contributed by atoms with Crippen LogP contribution in [0.4, 0.5) is 0 Å². The lowest BCUT2D eigenvalue weighted by molar-refractivity contribution is 0.397. The summed E-state index contributed by atoms with van der Waals surface area (Å²) in [4.78, 5) is 34.2. The third-order valence-electron chi connectivity index (χ3n) is 7.03. The minimum absolute atomic E-state index is 0. The molecule has 12 aromatic rings. The molecule has 0 radical (unpaired) electrons. The maximum atomic E-state index is 4.58. The lowest BCUT2D eigenvalue weighted by Crippen LogP contribution is -1.76. The fourth-order valence-corrected chi connectivity index (χ4v) is 5.92. The first-order valence-corrected chi connectivity index (χ1v) is 37.7. The molecule has 0 bridgehead atoms. The quantitative estimate of drug-likeness (QED) is 0.128. The molecule has 0 aliphatic rings. The molecule has 0 aliphatic carbocycles. The number of thiazole rings is 2. The summed E-state index contributed by atoms with van der Waals surface area (Å²) >= 11 is 7.80. The fourth-order valence-electron chi connectivity index (χ4n) is 3.49. The van der Waals surface area contributed by atoms with Crippen molar-refractivity contribution in [2.24, 2.45) is 7.05 Å². The van der Waals surface area contributed by atoms with Crippen LogP contribution in [0.1, 0.15) is 361 Å². The predicted octanol–water partition coefficient (Wildman–Crippen LogP) is 36.5. The van der Waals surface area contributed by atoms with Crippen LogP contribution in [0.5, 0.6) is 0 Å². The maximum Gasteiger partial charge on any atom is 0.133 e. The molecule has 0 saturated heterocycles. The van der Waals surface area contributed by atoms with Gasteiger partial charge in [-0.2, -0.15) is 4.37 Å². The molecule has 696 valence electrons. The number of rotatable bonds is 0. The van der Waals surface area contributed by atoms with E-state index in [1.54, 1.807) is 116 Å². The number of nitrogens with one attached hydrogen (secondary N) is 3. The summed E-state index contributed by atoms with van der Waals surface area (Å²) in [6, 6.07) is 7.59. The Labute approximate surface area is 739 Å². The van der Waals surface area contributed by atoms with E-state index >= 15 is 0 Å². The standard InChI is InChI=1S/4C4H6N2.3C4H5NO.5C4H5NS.12C2H6.18CH4/c2*1-4-2-5-3-6-4;1-6-3-2-5-4-6;1-4-5-2-3-6-4;1-4-2-5-6-3-4;1-4-2-3-6-5-4;1-4-2-3-5-6-4;1-4-2-6-3-5-4;1-4-2-5-3-6-4;1-4-2-5-6-3-4;1-4-2-3-6-5-4;1-4-2-3-5-6-4;12*1-2;;;;;;;;;;;;;;;;;;/h2*2-3H,1H3,(H,5,6);2-4H,1H3;2-3H,1H3,(H,5,6);8*2-3H,1H3;12*1-2H3;18*1H4. The molecule has 0 unspecified atom stereocenters. The third-order valence-corrected chi connectivity index (χ3v) is 10.4. The second-order valence-electron chi connectivity index (χ2n) is 14.0. The molecular weight excluding hydrogens is 1510 g/mol. The molecule has 0 atom stereocenters. The number of imidazole rings is 4. The molecule has 12 rings (SSSR count). The zero-order valence-electron chi connectivity index (χ0n) is 66.5. The van der Waals surface area contributed by atoms with Crippen LogP contribution in [0.25, 0.3) is 0 Å². The van der Waals surface area contributed by atoms with Gasteiger partial charge in [0, 0.05) is 123 Å². The van der Waals surface area contributed by atoms with Gasteiger partial charge in [0.1, 0.15) is 24.1 Å². The van der Waals surface area contributed by atoms with E-state index in [1.165, 1.54) is 49.9 Å². The average molecular weight is 1720 g/mol. The second kappa shape index (κ2) is 197. The van der Waals surface area contributed by atoms with Gasteiger partial charge in [0.25, 0.3) is 0 Å². The van der Waals surface area contributed by atoms with Gasteiger partial charge in [-0.05, 0) is 128 Å². The van der Waals surface area contributed by atoms with Gasteiger partial charge in [-0.15, -0.1) is 22.7 Å². The molecule has 0 aliphatic heterocycles. The molecule has 12 aromatic heterocycles. The number of hydrogen-bond acceptors (Lipinski definition) is 20. The van der Waals surface area contributed by atoms with Gasteiger partial charge in [0.2, 0.25) is 0 Å². The normalized spacial score (nSPS) is 6.21. The highest BCUT2D eigenvalue weighted by atomic mass is 32.1. The predicted molar refractivity (Wildman–Crippen MR) is 548 cm³/mol. The van der Waals surface area contributed by atoms with Gasteiger partial charge in [0.05, 0.1) is 53.8 Å². The first-order chi connectivity index (χ1) is 46.7. The third kappa shape index (κ3) is 191. The zero-order chi connectivity index (χ0) is 76.9. The molecule has 0 fully saturated rings. The van der Waals surface area contributed by atoms with Crippen molar-refractivity contribution in [2.75, 3.05) is 0 Å². The highest BCUT2D eigenvalue weighted by Crippen LogP contribution is 2.01. The Balaban J connectivity index is -0.0000000232. The molecule has 12 heterocycles. The zero-order valence-corrected chi connectivity index (χ0v) is 70.6. The summed E-state index contributed by atoms with van der Waals surface area (Å²) in [7, 11) is 1.94. The summed E-state index contributed by atoms with van der Waals surface area (Å²) < 4.78 is 27.1. The second-order valence-corrected chi connectivity index (χ2v) is 18.2. The minimum Gasteiger partial charge on any atom is -0.365 e. The van der Waals surface area contributed by atoms with Crippen molar-refractivity contribution in [3.63, 3.8) is 0 Å². The van der Waals surface area contributed by atoms with E-state index < -0.39 is 0 Å². The number of aryl methyl sites for hydroxylation is 12. The molecule has 24 heteroatoms. The van der Waals surface area contributed by atoms with Crippen LogP contribution < -0.4 is 0 Å². The number of H-pyrrole nitrogens is 3. The van der Waals surface area contributed by atoms with E-state index in [0.717, 1.165) is 45.6 Å². The Morgan fingerprint density at radius 1 is 0.386 bits per heavy atom. The Morgan fingerprint density at radius 3 is 0.965 bits per heavy atom. The van der Waals surface area contributed by atoms with Gasteiger partial charge in [-0.1, -0.05) is 315 Å². The fraction of sp³-hybridized carbons (Fsp3) is 0.600. The number of aromatic nitrogens is 16. The van der Waals surface area contributed by atoms with Gasteiger partial charge in [-0.25, -0.2) is 28.7 Å². The Hall–Kier alpha value is -7.38. The topological polar surface area (TPSA) is 246 Å². The van der Waals surface area contributed by atoms with E-state index in [0.29, 0.717) is 0 Å². The first-order valence-electron chi connectivity index (χ1n) is 33.4. The van der Waals surface area contributed by atoms with Crippen LogP contribution in [0.3, 0.4) is 0 Å². The van der Waals surface area contributed by atoms with Crippen molar-refractivity contribution in [3.8, 4) is 0 Å². The summed E-state index contributed by atoms with van der Waals surface area (Å²) in [5.74, 6) is 1.82. The molecule has 0 spiro atoms. The summed E-state index contributed by atoms with van der Waals surface area (Å²) in [5, 5.41) is 16.4. The van der Waals surface area contributed by atoms with Crippen LogP contribution in [-0.4, -0.2) is 78.0 Å². The van der Waals surface area contributed by atoms with Crippen molar-refractivity contribution in [1.29, 1.82) is 0 Å². The van der Waals surface area contributed by atoms with E-state index in [9.17, 15) is 0 Å². The van der Waals surface area contributed by atoms with Crippen LogP contribution in [-0.2, 0) is 7.05 Å². The lowest BCUT2D eigenvalue weighted by Gasteiger charge is -1.76. The molecule has 3 N–H and O–H groups in total. The Kier molecular flexibility index (Phi) is 350. The van der Waals surface area contributed by atoms with Crippen LogP contribution in [0.15, 0.2) is 165 Å². The maximum absolute atomic E-state index is 4.58. The molecule has 0 aromatic carbocycles. The van der Waals surface area contributed by atoms with E-state index in [1.807, 2.05) is 312 Å². The first kappa shape index (κ1) is 203. The van der Waals surface area contributed by atoms with Crippen LogP contribution in [0, 0.1) is 76.2 Å². The largest absolute Gasteiger partial charge is 0.365 e. The number of hydrogen-bond donors (Lipinski definition) is 3. The molecule has 114 heavy (non-hydrogen) atoms. The molecule has 0 saturated carbocycles. The van der Waals surface area contributed by atoms with Crippen molar-refractivity contribution in [1.82, 2.24) is 78.0 Å².